The lowest BCUT2D eigenvalue weighted by atomic mass is 9.69. The second kappa shape index (κ2) is 14.0. The number of hydrogen-bond donors (Lipinski definition) is 3. The molecule has 26 heavy (non-hydrogen) atoms. The minimum atomic E-state index is -0.799. The van der Waals surface area contributed by atoms with Crippen molar-refractivity contribution >= 4 is 5.97 Å². The highest BCUT2D eigenvalue weighted by atomic mass is 16.4. The normalized spacial score (nSPS) is 22.6. The summed E-state index contributed by atoms with van der Waals surface area (Å²) < 4.78 is 0. The van der Waals surface area contributed by atoms with E-state index in [4.69, 9.17) is 5.11 Å². The first-order valence-electron chi connectivity index (χ1n) is 10.5. The van der Waals surface area contributed by atoms with Gasteiger partial charge in [0.25, 0.3) is 0 Å². The Bertz CT molecular complexity index is 430. The fraction of sp³-hybridized carbons (Fsp3) is 0.773. The van der Waals surface area contributed by atoms with Crippen molar-refractivity contribution in [2.75, 3.05) is 0 Å². The monoisotopic (exact) mass is 366 g/mol. The summed E-state index contributed by atoms with van der Waals surface area (Å²) in [6, 6.07) is 0. The number of hydrogen-bond acceptors (Lipinski definition) is 3. The third-order valence-corrected chi connectivity index (χ3v) is 5.42. The predicted octanol–water partition coefficient (Wildman–Crippen LogP) is 4.85. The van der Waals surface area contributed by atoms with Crippen molar-refractivity contribution in [3.63, 3.8) is 0 Å². The van der Waals surface area contributed by atoms with E-state index in [9.17, 15) is 15.0 Å². The summed E-state index contributed by atoms with van der Waals surface area (Å²) in [6.45, 7) is 2.22. The fourth-order valence-corrected chi connectivity index (χ4v) is 3.57. The summed E-state index contributed by atoms with van der Waals surface area (Å²) in [6.07, 6.45) is 18.6. The van der Waals surface area contributed by atoms with Crippen molar-refractivity contribution in [3.8, 4) is 0 Å². The highest BCUT2D eigenvalue weighted by molar-refractivity contribution is 5.66. The van der Waals surface area contributed by atoms with Crippen LogP contribution < -0.4 is 0 Å². The van der Waals surface area contributed by atoms with Gasteiger partial charge in [0.2, 0.25) is 0 Å². The SMILES string of the molecule is CCCCCCCCC(O)/C=C/C=C/[C@H]1CC[C@H]1C(O)CCCC(=O)O. The van der Waals surface area contributed by atoms with Crippen LogP contribution in [-0.2, 0) is 4.79 Å². The summed E-state index contributed by atoms with van der Waals surface area (Å²) in [5.74, 6) is -0.177. The number of aliphatic hydroxyl groups is 2. The number of carboxylic acid groups (broad SMARTS) is 1. The summed E-state index contributed by atoms with van der Waals surface area (Å²) in [7, 11) is 0. The third-order valence-electron chi connectivity index (χ3n) is 5.42. The van der Waals surface area contributed by atoms with Gasteiger partial charge in [-0.3, -0.25) is 4.79 Å². The maximum Gasteiger partial charge on any atom is 0.303 e. The molecule has 0 amide bonds. The van der Waals surface area contributed by atoms with Crippen LogP contribution in [0.15, 0.2) is 24.3 Å². The first kappa shape index (κ1) is 22.9. The molecule has 0 aromatic carbocycles. The lowest BCUT2D eigenvalue weighted by Gasteiger charge is -2.38. The van der Waals surface area contributed by atoms with Gasteiger partial charge in [-0.25, -0.2) is 0 Å². The minimum absolute atomic E-state index is 0.128. The van der Waals surface area contributed by atoms with Crippen LogP contribution >= 0.6 is 0 Å². The van der Waals surface area contributed by atoms with E-state index in [2.05, 4.69) is 13.0 Å². The van der Waals surface area contributed by atoms with Crippen LogP contribution in [0.2, 0.25) is 0 Å². The zero-order valence-electron chi connectivity index (χ0n) is 16.4. The van der Waals surface area contributed by atoms with E-state index in [1.165, 1.54) is 32.1 Å². The molecule has 0 saturated heterocycles. The molecule has 1 fully saturated rings. The smallest absolute Gasteiger partial charge is 0.303 e. The van der Waals surface area contributed by atoms with Crippen LogP contribution in [0.3, 0.4) is 0 Å². The molecule has 0 aromatic heterocycles. The average molecular weight is 367 g/mol. The molecule has 150 valence electrons. The topological polar surface area (TPSA) is 77.8 Å². The van der Waals surface area contributed by atoms with E-state index >= 15 is 0 Å². The van der Waals surface area contributed by atoms with E-state index in [-0.39, 0.29) is 18.4 Å². The molecule has 4 atom stereocenters. The largest absolute Gasteiger partial charge is 0.481 e. The van der Waals surface area contributed by atoms with Crippen LogP contribution in [0.5, 0.6) is 0 Å². The maximum absolute atomic E-state index is 10.5. The second-order valence-corrected chi connectivity index (χ2v) is 7.65. The highest BCUT2D eigenvalue weighted by Gasteiger charge is 2.33. The van der Waals surface area contributed by atoms with Crippen molar-refractivity contribution in [2.45, 2.75) is 96.2 Å². The molecule has 0 radical (unpaired) electrons. The molecular formula is C22H38O4. The number of carbonyl (C=O) groups is 1. The molecule has 0 bridgehead atoms. The van der Waals surface area contributed by atoms with Gasteiger partial charge < -0.3 is 15.3 Å². The Morgan fingerprint density at radius 2 is 1.73 bits per heavy atom. The van der Waals surface area contributed by atoms with E-state index in [0.29, 0.717) is 18.8 Å². The predicted molar refractivity (Wildman–Crippen MR) is 106 cm³/mol. The van der Waals surface area contributed by atoms with Gasteiger partial charge in [-0.2, -0.15) is 0 Å². The standard InChI is InChI=1S/C22H38O4/c1-2-3-4-5-6-7-12-19(23)13-9-8-11-18-16-17-20(18)21(24)14-10-15-22(25)26/h8-9,11,13,18-21,23-24H,2-7,10,12,14-17H2,1H3,(H,25,26)/b11-8+,13-9+/t18-,19?,20+,21?/m0/s1. The molecule has 4 heteroatoms. The van der Waals surface area contributed by atoms with Gasteiger partial charge in [0.05, 0.1) is 12.2 Å². The Morgan fingerprint density at radius 3 is 2.38 bits per heavy atom. The molecule has 3 N–H and O–H groups in total. The maximum atomic E-state index is 10.5. The van der Waals surface area contributed by atoms with Gasteiger partial charge in [-0.05, 0) is 43.9 Å². The molecule has 0 aromatic rings. The van der Waals surface area contributed by atoms with Crippen molar-refractivity contribution < 1.29 is 20.1 Å². The van der Waals surface area contributed by atoms with Gasteiger partial charge in [-0.15, -0.1) is 0 Å². The first-order valence-corrected chi connectivity index (χ1v) is 10.5. The Hall–Kier alpha value is -1.13. The Labute approximate surface area is 159 Å². The highest BCUT2D eigenvalue weighted by Crippen LogP contribution is 2.39. The van der Waals surface area contributed by atoms with Crippen LogP contribution in [0.25, 0.3) is 0 Å². The zero-order valence-corrected chi connectivity index (χ0v) is 16.4. The summed E-state index contributed by atoms with van der Waals surface area (Å²) in [4.78, 5) is 10.5. The Morgan fingerprint density at radius 1 is 1.00 bits per heavy atom. The molecule has 0 aliphatic heterocycles. The second-order valence-electron chi connectivity index (χ2n) is 7.65. The van der Waals surface area contributed by atoms with Gasteiger partial charge in [0.15, 0.2) is 0 Å². The summed E-state index contributed by atoms with van der Waals surface area (Å²) in [5, 5.41) is 28.8. The van der Waals surface area contributed by atoms with Gasteiger partial charge in [0, 0.05) is 6.42 Å². The van der Waals surface area contributed by atoms with Gasteiger partial charge in [0.1, 0.15) is 0 Å². The van der Waals surface area contributed by atoms with Crippen LogP contribution in [0.4, 0.5) is 0 Å². The van der Waals surface area contributed by atoms with Crippen molar-refractivity contribution in [1.29, 1.82) is 0 Å². The number of aliphatic hydroxyl groups excluding tert-OH is 2. The zero-order chi connectivity index (χ0) is 19.2. The van der Waals surface area contributed by atoms with E-state index in [1.54, 1.807) is 0 Å². The van der Waals surface area contributed by atoms with Crippen LogP contribution in [0, 0.1) is 11.8 Å². The minimum Gasteiger partial charge on any atom is -0.481 e. The molecular weight excluding hydrogens is 328 g/mol. The van der Waals surface area contributed by atoms with Crippen molar-refractivity contribution in [3.05, 3.63) is 24.3 Å². The number of aliphatic carboxylic acids is 1. The molecule has 2 unspecified atom stereocenters. The first-order chi connectivity index (χ1) is 12.5. The number of unbranched alkanes of at least 4 members (excludes halogenated alkanes) is 5. The lowest BCUT2D eigenvalue weighted by molar-refractivity contribution is -0.137. The number of carboxylic acids is 1. The Balaban J connectivity index is 2.15. The third kappa shape index (κ3) is 10.1. The van der Waals surface area contributed by atoms with Crippen LogP contribution in [-0.4, -0.2) is 33.5 Å². The van der Waals surface area contributed by atoms with Crippen molar-refractivity contribution in [2.24, 2.45) is 11.8 Å². The van der Waals surface area contributed by atoms with Gasteiger partial charge in [-0.1, -0.05) is 69.8 Å². The number of allylic oxidation sites excluding steroid dienone is 3. The Kier molecular flexibility index (Phi) is 12.3. The fourth-order valence-electron chi connectivity index (χ4n) is 3.57. The van der Waals surface area contributed by atoms with Crippen LogP contribution in [0.1, 0.15) is 84.0 Å². The summed E-state index contributed by atoms with van der Waals surface area (Å²) >= 11 is 0. The van der Waals surface area contributed by atoms with Gasteiger partial charge >= 0.3 is 5.97 Å². The quantitative estimate of drug-likeness (QED) is 0.286. The molecule has 1 aliphatic rings. The average Bonchev–Trinajstić information content (AvgIpc) is 2.56. The summed E-state index contributed by atoms with van der Waals surface area (Å²) in [5.41, 5.74) is 0. The van der Waals surface area contributed by atoms with E-state index in [1.807, 2.05) is 18.2 Å². The molecule has 0 spiro atoms. The molecule has 4 nitrogen and oxygen atoms in total. The molecule has 0 heterocycles. The van der Waals surface area contributed by atoms with E-state index in [0.717, 1.165) is 25.7 Å². The van der Waals surface area contributed by atoms with E-state index < -0.39 is 12.1 Å². The van der Waals surface area contributed by atoms with Crippen molar-refractivity contribution in [1.82, 2.24) is 0 Å². The number of rotatable bonds is 15. The molecule has 1 saturated carbocycles. The molecule has 1 rings (SSSR count). The molecule has 1 aliphatic carbocycles. The lowest BCUT2D eigenvalue weighted by Crippen LogP contribution is -2.35.